The normalized spacial score (nSPS) is 12.1. The van der Waals surface area contributed by atoms with Crippen molar-refractivity contribution in [1.82, 2.24) is 9.47 Å². The van der Waals surface area contributed by atoms with Gasteiger partial charge in [-0.1, -0.05) is 74.5 Å². The fraction of sp³-hybridized carbons (Fsp3) is 0.200. The number of hydrogen-bond acceptors (Lipinski definition) is 1. The van der Waals surface area contributed by atoms with Gasteiger partial charge in [-0.05, 0) is 41.4 Å². The molecule has 0 saturated carbocycles. The maximum Gasteiger partial charge on any atom is 0.0757 e. The molecule has 4 aromatic carbocycles. The van der Waals surface area contributed by atoms with Crippen molar-refractivity contribution >= 4 is 43.4 Å². The van der Waals surface area contributed by atoms with Crippen molar-refractivity contribution in [1.29, 1.82) is 0 Å². The number of benzene rings is 4. The van der Waals surface area contributed by atoms with Crippen LogP contribution in [0.25, 0.3) is 43.4 Å². The molecule has 0 spiro atoms. The standard InChI is InChI=1S/C25H24N2/c1-3-26(4-2)17-27-24-16-20-11-6-5-10-19(20)15-23(24)22-14-13-18-9-7-8-12-21(18)25(22)27/h5-16H,3-4,17H2,1-2H3. The summed E-state index contributed by atoms with van der Waals surface area (Å²) in [5.74, 6) is 0. The molecule has 0 atom stereocenters. The van der Waals surface area contributed by atoms with Crippen LogP contribution in [0.2, 0.25) is 0 Å². The van der Waals surface area contributed by atoms with Gasteiger partial charge in [0.1, 0.15) is 0 Å². The molecule has 27 heavy (non-hydrogen) atoms. The largest absolute Gasteiger partial charge is 0.326 e. The molecule has 0 aliphatic carbocycles. The molecule has 0 radical (unpaired) electrons. The molecule has 0 amide bonds. The summed E-state index contributed by atoms with van der Waals surface area (Å²) in [5.41, 5.74) is 2.68. The van der Waals surface area contributed by atoms with Crippen LogP contribution in [0, 0.1) is 0 Å². The van der Waals surface area contributed by atoms with Crippen LogP contribution in [0.4, 0.5) is 0 Å². The lowest BCUT2D eigenvalue weighted by molar-refractivity contribution is 0.250. The summed E-state index contributed by atoms with van der Waals surface area (Å²) in [6.45, 7) is 7.50. The van der Waals surface area contributed by atoms with Gasteiger partial charge in [0, 0.05) is 16.2 Å². The van der Waals surface area contributed by atoms with E-state index < -0.39 is 0 Å². The van der Waals surface area contributed by atoms with Gasteiger partial charge in [-0.15, -0.1) is 0 Å². The van der Waals surface area contributed by atoms with E-state index in [-0.39, 0.29) is 0 Å². The van der Waals surface area contributed by atoms with Gasteiger partial charge in [0.2, 0.25) is 0 Å². The average Bonchev–Trinajstić information content (AvgIpc) is 3.03. The Labute approximate surface area is 159 Å². The first kappa shape index (κ1) is 16.3. The Kier molecular flexibility index (Phi) is 3.87. The van der Waals surface area contributed by atoms with Crippen molar-refractivity contribution in [3.63, 3.8) is 0 Å². The number of hydrogen-bond donors (Lipinski definition) is 0. The summed E-state index contributed by atoms with van der Waals surface area (Å²) in [7, 11) is 0. The first-order chi connectivity index (χ1) is 13.3. The van der Waals surface area contributed by atoms with E-state index in [1.807, 2.05) is 0 Å². The predicted octanol–water partition coefficient (Wildman–Crippen LogP) is 6.40. The van der Waals surface area contributed by atoms with Crippen molar-refractivity contribution in [2.75, 3.05) is 13.1 Å². The third-order valence-corrected chi connectivity index (χ3v) is 5.85. The Balaban J connectivity index is 1.95. The highest BCUT2D eigenvalue weighted by Crippen LogP contribution is 2.36. The van der Waals surface area contributed by atoms with Gasteiger partial charge >= 0.3 is 0 Å². The maximum atomic E-state index is 2.52. The van der Waals surface area contributed by atoms with Gasteiger partial charge in [0.25, 0.3) is 0 Å². The molecule has 5 rings (SSSR count). The van der Waals surface area contributed by atoms with Gasteiger partial charge in [-0.25, -0.2) is 0 Å². The summed E-state index contributed by atoms with van der Waals surface area (Å²) in [5, 5.41) is 7.95. The van der Waals surface area contributed by atoms with Crippen molar-refractivity contribution in [2.24, 2.45) is 0 Å². The fourth-order valence-electron chi connectivity index (χ4n) is 4.32. The van der Waals surface area contributed by atoms with Gasteiger partial charge in [0.15, 0.2) is 0 Å². The van der Waals surface area contributed by atoms with Gasteiger partial charge in [0.05, 0.1) is 17.7 Å². The molecule has 5 aromatic rings. The van der Waals surface area contributed by atoms with Crippen LogP contribution in [0.1, 0.15) is 13.8 Å². The summed E-state index contributed by atoms with van der Waals surface area (Å²) in [6, 6.07) is 26.7. The third kappa shape index (κ3) is 2.52. The Bertz CT molecular complexity index is 1280. The van der Waals surface area contributed by atoms with E-state index in [0.29, 0.717) is 0 Å². The van der Waals surface area contributed by atoms with Gasteiger partial charge < -0.3 is 4.57 Å². The SMILES string of the molecule is CCN(CC)Cn1c2cc3ccccc3cc2c2ccc3ccccc3c21. The molecule has 0 N–H and O–H groups in total. The molecule has 0 aliphatic rings. The number of fused-ring (bicyclic) bond motifs is 6. The highest BCUT2D eigenvalue weighted by atomic mass is 15.2. The zero-order valence-corrected chi connectivity index (χ0v) is 15.9. The minimum absolute atomic E-state index is 0.916. The highest BCUT2D eigenvalue weighted by Gasteiger charge is 2.15. The number of rotatable bonds is 4. The Hall–Kier alpha value is -2.84. The minimum atomic E-state index is 0.916. The molecule has 134 valence electrons. The quantitative estimate of drug-likeness (QED) is 0.363. The molecule has 0 saturated heterocycles. The molecule has 2 nitrogen and oxygen atoms in total. The van der Waals surface area contributed by atoms with E-state index in [1.165, 1.54) is 43.4 Å². The smallest absolute Gasteiger partial charge is 0.0757 e. The Morgan fingerprint density at radius 3 is 2.07 bits per heavy atom. The zero-order chi connectivity index (χ0) is 18.4. The van der Waals surface area contributed by atoms with Crippen molar-refractivity contribution in [2.45, 2.75) is 20.5 Å². The monoisotopic (exact) mass is 352 g/mol. The molecule has 1 aromatic heterocycles. The Morgan fingerprint density at radius 1 is 0.667 bits per heavy atom. The zero-order valence-electron chi connectivity index (χ0n) is 15.9. The molecule has 0 fully saturated rings. The summed E-state index contributed by atoms with van der Waals surface area (Å²) in [4.78, 5) is 2.48. The predicted molar refractivity (Wildman–Crippen MR) is 117 cm³/mol. The van der Waals surface area contributed by atoms with Gasteiger partial charge in [-0.2, -0.15) is 0 Å². The van der Waals surface area contributed by atoms with E-state index in [0.717, 1.165) is 19.8 Å². The first-order valence-corrected chi connectivity index (χ1v) is 9.85. The van der Waals surface area contributed by atoms with Crippen LogP contribution >= 0.6 is 0 Å². The molecular weight excluding hydrogens is 328 g/mol. The molecular formula is C25H24N2. The Morgan fingerprint density at radius 2 is 1.33 bits per heavy atom. The summed E-state index contributed by atoms with van der Waals surface area (Å²) < 4.78 is 2.52. The number of nitrogens with zero attached hydrogens (tertiary/aromatic N) is 2. The topological polar surface area (TPSA) is 8.17 Å². The average molecular weight is 352 g/mol. The highest BCUT2D eigenvalue weighted by molar-refractivity contribution is 6.19. The van der Waals surface area contributed by atoms with Crippen LogP contribution < -0.4 is 0 Å². The second-order valence-electron chi connectivity index (χ2n) is 7.27. The van der Waals surface area contributed by atoms with Crippen LogP contribution in [0.3, 0.4) is 0 Å². The van der Waals surface area contributed by atoms with E-state index in [4.69, 9.17) is 0 Å². The van der Waals surface area contributed by atoms with Crippen molar-refractivity contribution in [3.8, 4) is 0 Å². The molecule has 0 bridgehead atoms. The van der Waals surface area contributed by atoms with E-state index in [1.54, 1.807) is 0 Å². The van der Waals surface area contributed by atoms with Crippen LogP contribution in [-0.4, -0.2) is 22.6 Å². The molecule has 0 aliphatic heterocycles. The molecule has 2 heteroatoms. The van der Waals surface area contributed by atoms with Crippen LogP contribution in [0.15, 0.2) is 72.8 Å². The lowest BCUT2D eigenvalue weighted by Crippen LogP contribution is -2.25. The minimum Gasteiger partial charge on any atom is -0.326 e. The molecule has 1 heterocycles. The van der Waals surface area contributed by atoms with E-state index in [9.17, 15) is 0 Å². The first-order valence-electron chi connectivity index (χ1n) is 9.85. The van der Waals surface area contributed by atoms with E-state index in [2.05, 4.69) is 96.1 Å². The third-order valence-electron chi connectivity index (χ3n) is 5.85. The number of aromatic nitrogens is 1. The second-order valence-corrected chi connectivity index (χ2v) is 7.27. The lowest BCUT2D eigenvalue weighted by atomic mass is 10.0. The van der Waals surface area contributed by atoms with E-state index >= 15 is 0 Å². The summed E-state index contributed by atoms with van der Waals surface area (Å²) >= 11 is 0. The van der Waals surface area contributed by atoms with Gasteiger partial charge in [-0.3, -0.25) is 4.90 Å². The molecule has 0 unspecified atom stereocenters. The van der Waals surface area contributed by atoms with Crippen LogP contribution in [-0.2, 0) is 6.67 Å². The van der Waals surface area contributed by atoms with Crippen LogP contribution in [0.5, 0.6) is 0 Å². The maximum absolute atomic E-state index is 2.52. The second kappa shape index (κ2) is 6.40. The van der Waals surface area contributed by atoms with Crippen molar-refractivity contribution in [3.05, 3.63) is 72.8 Å². The van der Waals surface area contributed by atoms with Crippen molar-refractivity contribution < 1.29 is 0 Å². The lowest BCUT2D eigenvalue weighted by Gasteiger charge is -2.21. The fourth-order valence-corrected chi connectivity index (χ4v) is 4.32. The summed E-state index contributed by atoms with van der Waals surface area (Å²) in [6.07, 6.45) is 0.